The highest BCUT2D eigenvalue weighted by Gasteiger charge is 2.24. The van der Waals surface area contributed by atoms with Crippen molar-refractivity contribution >= 4 is 15.9 Å². The van der Waals surface area contributed by atoms with Crippen LogP contribution in [0.3, 0.4) is 0 Å². The Kier molecular flexibility index (Phi) is 5.02. The van der Waals surface area contributed by atoms with Crippen LogP contribution in [0.2, 0.25) is 0 Å². The van der Waals surface area contributed by atoms with Crippen molar-refractivity contribution in [2.45, 2.75) is 60.0 Å². The number of nitrogens with one attached hydrogen (secondary N) is 1. The van der Waals surface area contributed by atoms with E-state index in [1.807, 2.05) is 0 Å². The summed E-state index contributed by atoms with van der Waals surface area (Å²) in [5.41, 5.74) is 3.16. The molecule has 1 nitrogen and oxygen atoms in total. The van der Waals surface area contributed by atoms with E-state index in [9.17, 15) is 0 Å². The van der Waals surface area contributed by atoms with Crippen LogP contribution in [-0.4, -0.2) is 5.54 Å². The molecule has 1 rings (SSSR count). The highest BCUT2D eigenvalue weighted by Crippen LogP contribution is 2.27. The summed E-state index contributed by atoms with van der Waals surface area (Å²) < 4.78 is 1.18. The van der Waals surface area contributed by atoms with E-state index >= 15 is 0 Å². The molecule has 2 heteroatoms. The Morgan fingerprint density at radius 2 is 1.72 bits per heavy atom. The molecule has 0 aliphatic heterocycles. The van der Waals surface area contributed by atoms with Gasteiger partial charge < -0.3 is 5.32 Å². The SMILES string of the molecule is Cc1cc(CNC(C)(C)CC(C)(C)C)ccc1Br. The van der Waals surface area contributed by atoms with Crippen LogP contribution in [0.15, 0.2) is 22.7 Å². The molecule has 0 amide bonds. The summed E-state index contributed by atoms with van der Waals surface area (Å²) in [6, 6.07) is 6.55. The van der Waals surface area contributed by atoms with Gasteiger partial charge in [0.05, 0.1) is 0 Å². The second kappa shape index (κ2) is 5.75. The molecule has 1 aromatic rings. The second-order valence-corrected chi connectivity index (χ2v) is 7.91. The van der Waals surface area contributed by atoms with E-state index in [1.165, 1.54) is 15.6 Å². The van der Waals surface area contributed by atoms with E-state index in [-0.39, 0.29) is 5.54 Å². The van der Waals surface area contributed by atoms with Gasteiger partial charge in [0, 0.05) is 16.6 Å². The first-order valence-electron chi connectivity index (χ1n) is 6.59. The predicted molar refractivity (Wildman–Crippen MR) is 83.9 cm³/mol. The molecule has 1 aromatic carbocycles. The highest BCUT2D eigenvalue weighted by atomic mass is 79.9. The molecule has 0 spiro atoms. The molecule has 102 valence electrons. The molecule has 18 heavy (non-hydrogen) atoms. The molecule has 0 fully saturated rings. The average molecular weight is 312 g/mol. The van der Waals surface area contributed by atoms with Gasteiger partial charge in [0.2, 0.25) is 0 Å². The number of hydrogen-bond donors (Lipinski definition) is 1. The number of rotatable bonds is 4. The van der Waals surface area contributed by atoms with Gasteiger partial charge in [0.1, 0.15) is 0 Å². The van der Waals surface area contributed by atoms with Crippen molar-refractivity contribution in [3.63, 3.8) is 0 Å². The minimum Gasteiger partial charge on any atom is -0.308 e. The third-order valence-corrected chi connectivity index (χ3v) is 3.86. The maximum Gasteiger partial charge on any atom is 0.0210 e. The molecule has 0 saturated heterocycles. The first-order chi connectivity index (χ1) is 8.09. The maximum atomic E-state index is 3.66. The predicted octanol–water partition coefficient (Wildman–Crippen LogP) is 5.06. The zero-order valence-electron chi connectivity index (χ0n) is 12.5. The molecular weight excluding hydrogens is 286 g/mol. The van der Waals surface area contributed by atoms with Crippen molar-refractivity contribution in [3.8, 4) is 0 Å². The van der Waals surface area contributed by atoms with Crippen LogP contribution < -0.4 is 5.32 Å². The number of benzene rings is 1. The van der Waals surface area contributed by atoms with Crippen molar-refractivity contribution in [3.05, 3.63) is 33.8 Å². The van der Waals surface area contributed by atoms with E-state index in [0.717, 1.165) is 13.0 Å². The zero-order valence-corrected chi connectivity index (χ0v) is 14.1. The standard InChI is InChI=1S/C16H26BrN/c1-12-9-13(7-8-14(12)17)10-18-16(5,6)11-15(2,3)4/h7-9,18H,10-11H2,1-6H3. The summed E-state index contributed by atoms with van der Waals surface area (Å²) in [4.78, 5) is 0. The molecular formula is C16H26BrN. The highest BCUT2D eigenvalue weighted by molar-refractivity contribution is 9.10. The fraction of sp³-hybridized carbons (Fsp3) is 0.625. The van der Waals surface area contributed by atoms with E-state index in [0.29, 0.717) is 5.41 Å². The van der Waals surface area contributed by atoms with Crippen LogP contribution in [-0.2, 0) is 6.54 Å². The Labute approximate surface area is 120 Å². The van der Waals surface area contributed by atoms with Gasteiger partial charge in [-0.1, -0.05) is 48.8 Å². The van der Waals surface area contributed by atoms with Gasteiger partial charge in [0.25, 0.3) is 0 Å². The summed E-state index contributed by atoms with van der Waals surface area (Å²) in [6.07, 6.45) is 1.16. The van der Waals surface area contributed by atoms with Crippen LogP contribution in [0.4, 0.5) is 0 Å². The fourth-order valence-electron chi connectivity index (χ4n) is 2.55. The minimum atomic E-state index is 0.166. The van der Waals surface area contributed by atoms with Crippen molar-refractivity contribution < 1.29 is 0 Å². The maximum absolute atomic E-state index is 3.66. The van der Waals surface area contributed by atoms with E-state index in [1.54, 1.807) is 0 Å². The van der Waals surface area contributed by atoms with Crippen molar-refractivity contribution in [1.82, 2.24) is 5.32 Å². The second-order valence-electron chi connectivity index (χ2n) is 7.06. The molecule has 0 aliphatic rings. The first-order valence-corrected chi connectivity index (χ1v) is 7.38. The van der Waals surface area contributed by atoms with Gasteiger partial charge in [-0.05, 0) is 49.8 Å². The summed E-state index contributed by atoms with van der Waals surface area (Å²) in [7, 11) is 0. The lowest BCUT2D eigenvalue weighted by atomic mass is 9.82. The number of hydrogen-bond acceptors (Lipinski definition) is 1. The molecule has 0 unspecified atom stereocenters. The van der Waals surface area contributed by atoms with Crippen LogP contribution >= 0.6 is 15.9 Å². The molecule has 0 aliphatic carbocycles. The third kappa shape index (κ3) is 5.53. The Balaban J connectivity index is 2.61. The lowest BCUT2D eigenvalue weighted by molar-refractivity contribution is 0.240. The minimum absolute atomic E-state index is 0.166. The third-order valence-electron chi connectivity index (χ3n) is 2.97. The van der Waals surface area contributed by atoms with Gasteiger partial charge in [-0.15, -0.1) is 0 Å². The largest absolute Gasteiger partial charge is 0.308 e. The van der Waals surface area contributed by atoms with Gasteiger partial charge in [0.15, 0.2) is 0 Å². The van der Waals surface area contributed by atoms with Gasteiger partial charge in [-0.25, -0.2) is 0 Å². The molecule has 1 N–H and O–H groups in total. The van der Waals surface area contributed by atoms with Crippen molar-refractivity contribution in [2.24, 2.45) is 5.41 Å². The molecule has 0 bridgehead atoms. The summed E-state index contributed by atoms with van der Waals surface area (Å²) >= 11 is 3.54. The molecule has 0 heterocycles. The first kappa shape index (κ1) is 15.7. The smallest absolute Gasteiger partial charge is 0.0210 e. The number of aryl methyl sites for hydroxylation is 1. The lowest BCUT2D eigenvalue weighted by Gasteiger charge is -2.33. The van der Waals surface area contributed by atoms with Gasteiger partial charge in [-0.2, -0.15) is 0 Å². The Morgan fingerprint density at radius 1 is 1.11 bits per heavy atom. The van der Waals surface area contributed by atoms with Gasteiger partial charge in [-0.3, -0.25) is 0 Å². The normalized spacial score (nSPS) is 12.8. The quantitative estimate of drug-likeness (QED) is 0.819. The average Bonchev–Trinajstić information content (AvgIpc) is 2.16. The Bertz CT molecular complexity index is 402. The molecule has 0 radical (unpaired) electrons. The monoisotopic (exact) mass is 311 g/mol. The van der Waals surface area contributed by atoms with Crippen molar-refractivity contribution in [2.75, 3.05) is 0 Å². The number of halogens is 1. The zero-order chi connectivity index (χ0) is 14.0. The molecule has 0 aromatic heterocycles. The van der Waals surface area contributed by atoms with Crippen LogP contribution in [0.25, 0.3) is 0 Å². The summed E-state index contributed by atoms with van der Waals surface area (Å²) in [5.74, 6) is 0. The molecule has 0 saturated carbocycles. The summed E-state index contributed by atoms with van der Waals surface area (Å²) in [5, 5.41) is 3.66. The van der Waals surface area contributed by atoms with Crippen molar-refractivity contribution in [1.29, 1.82) is 0 Å². The lowest BCUT2D eigenvalue weighted by Crippen LogP contribution is -2.41. The Hall–Kier alpha value is -0.340. The van der Waals surface area contributed by atoms with Crippen LogP contribution in [0, 0.1) is 12.3 Å². The van der Waals surface area contributed by atoms with E-state index in [4.69, 9.17) is 0 Å². The van der Waals surface area contributed by atoms with Crippen LogP contribution in [0.5, 0.6) is 0 Å². The van der Waals surface area contributed by atoms with E-state index in [2.05, 4.69) is 81.0 Å². The summed E-state index contributed by atoms with van der Waals surface area (Å²) in [6.45, 7) is 14.5. The molecule has 0 atom stereocenters. The topological polar surface area (TPSA) is 12.0 Å². The Morgan fingerprint density at radius 3 is 2.22 bits per heavy atom. The van der Waals surface area contributed by atoms with Gasteiger partial charge >= 0.3 is 0 Å². The fourth-order valence-corrected chi connectivity index (χ4v) is 2.79. The van der Waals surface area contributed by atoms with Crippen LogP contribution in [0.1, 0.15) is 52.2 Å². The van der Waals surface area contributed by atoms with E-state index < -0.39 is 0 Å².